The number of carbonyl (C=O) groups excluding carboxylic acids is 4. The number of nitrogens with zero attached hydrogens (tertiary/aromatic N) is 3. The Bertz CT molecular complexity index is 1280. The van der Waals surface area contributed by atoms with Crippen molar-refractivity contribution in [3.8, 4) is 0 Å². The summed E-state index contributed by atoms with van der Waals surface area (Å²) in [5.74, 6) is -0.890. The molecule has 0 saturated carbocycles. The van der Waals surface area contributed by atoms with E-state index >= 15 is 0 Å². The van der Waals surface area contributed by atoms with Gasteiger partial charge in [-0.2, -0.15) is 10.1 Å². The molecule has 4 amide bonds. The maximum atomic E-state index is 13.4. The first-order valence-corrected chi connectivity index (χ1v) is 12.7. The second kappa shape index (κ2) is 10.4. The zero-order chi connectivity index (χ0) is 27.7. The van der Waals surface area contributed by atoms with Crippen molar-refractivity contribution in [2.24, 2.45) is 0 Å². The summed E-state index contributed by atoms with van der Waals surface area (Å²) in [5, 5.41) is 6.02. The van der Waals surface area contributed by atoms with Crippen molar-refractivity contribution in [2.45, 2.75) is 63.8 Å². The molecule has 4 atom stereocenters. The van der Waals surface area contributed by atoms with E-state index in [1.807, 2.05) is 60.7 Å². The van der Waals surface area contributed by atoms with Crippen molar-refractivity contribution >= 4 is 24.0 Å². The van der Waals surface area contributed by atoms with Crippen molar-refractivity contribution in [2.75, 3.05) is 0 Å². The lowest BCUT2D eigenvalue weighted by Crippen LogP contribution is -2.78. The van der Waals surface area contributed by atoms with Crippen LogP contribution in [0.25, 0.3) is 0 Å². The Kier molecular flexibility index (Phi) is 7.00. The summed E-state index contributed by atoms with van der Waals surface area (Å²) in [5.41, 5.74) is 0.708. The molecular weight excluding hydrogens is 504 g/mol. The van der Waals surface area contributed by atoms with Crippen molar-refractivity contribution in [3.05, 3.63) is 83.9 Å². The maximum Gasteiger partial charge on any atom is 0.435 e. The number of fused-ring (bicyclic) bond motifs is 1. The Hall–Kier alpha value is -4.38. The predicted octanol–water partition coefficient (Wildman–Crippen LogP) is 2.93. The van der Waals surface area contributed by atoms with E-state index in [0.717, 1.165) is 21.2 Å². The molecule has 2 saturated heterocycles. The van der Waals surface area contributed by atoms with Crippen molar-refractivity contribution in [1.82, 2.24) is 20.4 Å². The molecule has 6 rings (SSSR count). The third-order valence-corrected chi connectivity index (χ3v) is 6.39. The third kappa shape index (κ3) is 5.44. The van der Waals surface area contributed by atoms with Gasteiger partial charge in [0.25, 0.3) is 5.91 Å². The van der Waals surface area contributed by atoms with Crippen LogP contribution in [-0.4, -0.2) is 69.0 Å². The molecule has 39 heavy (non-hydrogen) atoms. The molecule has 4 heterocycles. The lowest BCUT2D eigenvalue weighted by molar-refractivity contribution is -0.219. The zero-order valence-corrected chi connectivity index (χ0v) is 21.9. The highest BCUT2D eigenvalue weighted by Gasteiger charge is 2.62. The van der Waals surface area contributed by atoms with Crippen LogP contribution in [0.5, 0.6) is 0 Å². The van der Waals surface area contributed by atoms with Crippen LogP contribution in [0.1, 0.15) is 31.9 Å². The zero-order valence-electron chi connectivity index (χ0n) is 21.9. The number of rotatable bonds is 5. The van der Waals surface area contributed by atoms with Crippen LogP contribution in [0.4, 0.5) is 9.59 Å². The van der Waals surface area contributed by atoms with E-state index in [9.17, 15) is 19.2 Å². The van der Waals surface area contributed by atoms with Gasteiger partial charge in [-0.15, -0.1) is 0 Å². The first kappa shape index (κ1) is 26.2. The fourth-order valence-electron chi connectivity index (χ4n) is 4.70. The van der Waals surface area contributed by atoms with E-state index in [4.69, 9.17) is 14.3 Å². The molecule has 4 aliphatic heterocycles. The second-order valence-corrected chi connectivity index (χ2v) is 10.4. The molecule has 2 aromatic rings. The average Bonchev–Trinajstić information content (AvgIpc) is 3.13. The first-order valence-electron chi connectivity index (χ1n) is 12.7. The number of hydroxylamine groups is 2. The quantitative estimate of drug-likeness (QED) is 0.463. The average molecular weight is 535 g/mol. The van der Waals surface area contributed by atoms with E-state index in [1.54, 1.807) is 32.9 Å². The van der Waals surface area contributed by atoms with Gasteiger partial charge < -0.3 is 14.8 Å². The summed E-state index contributed by atoms with van der Waals surface area (Å²) in [6.07, 6.45) is 0.542. The molecule has 2 fully saturated rings. The van der Waals surface area contributed by atoms with Crippen LogP contribution in [0.2, 0.25) is 0 Å². The van der Waals surface area contributed by atoms with Gasteiger partial charge in [0, 0.05) is 0 Å². The molecular formula is C28H30N4O7. The van der Waals surface area contributed by atoms with Crippen LogP contribution in [0, 0.1) is 0 Å². The highest BCUT2D eigenvalue weighted by atomic mass is 16.8. The number of nitrogens with one attached hydrogen (secondary N) is 1. The fraction of sp³-hybridized carbons (Fsp3) is 0.357. The highest BCUT2D eigenvalue weighted by molar-refractivity contribution is 5.95. The second-order valence-electron chi connectivity index (χ2n) is 10.4. The largest absolute Gasteiger partial charge is 0.443 e. The summed E-state index contributed by atoms with van der Waals surface area (Å²) in [6.45, 7) is 5.10. The van der Waals surface area contributed by atoms with Gasteiger partial charge >= 0.3 is 12.2 Å². The number of ether oxygens (including phenoxy) is 2. The predicted molar refractivity (Wildman–Crippen MR) is 137 cm³/mol. The Labute approximate surface area is 225 Å². The van der Waals surface area contributed by atoms with Gasteiger partial charge in [-0.05, 0) is 38.0 Å². The van der Waals surface area contributed by atoms with E-state index in [-0.39, 0.29) is 18.9 Å². The number of benzene rings is 2. The summed E-state index contributed by atoms with van der Waals surface area (Å²) in [4.78, 5) is 58.5. The molecule has 0 aromatic heterocycles. The smallest absolute Gasteiger partial charge is 0.435 e. The Morgan fingerprint density at radius 3 is 2.21 bits per heavy atom. The number of hydrogen-bond acceptors (Lipinski definition) is 7. The van der Waals surface area contributed by atoms with Crippen molar-refractivity contribution in [3.63, 3.8) is 0 Å². The van der Waals surface area contributed by atoms with Gasteiger partial charge in [-0.1, -0.05) is 66.7 Å². The minimum Gasteiger partial charge on any atom is -0.443 e. The normalized spacial score (nSPS) is 23.5. The molecule has 0 spiro atoms. The molecule has 1 N–H and O–H groups in total. The molecule has 4 aliphatic rings. The Morgan fingerprint density at radius 1 is 0.923 bits per heavy atom. The van der Waals surface area contributed by atoms with Crippen LogP contribution in [0.3, 0.4) is 0 Å². The van der Waals surface area contributed by atoms with Gasteiger partial charge in [-0.25, -0.2) is 19.4 Å². The lowest BCUT2D eigenvalue weighted by atomic mass is 9.89. The summed E-state index contributed by atoms with van der Waals surface area (Å²) in [7, 11) is 0. The minimum absolute atomic E-state index is 0.000958. The molecule has 0 aliphatic carbocycles. The number of amides is 4. The monoisotopic (exact) mass is 534 g/mol. The summed E-state index contributed by atoms with van der Waals surface area (Å²) >= 11 is 0. The molecule has 11 heteroatoms. The number of hydrogen-bond donors (Lipinski definition) is 1. The summed E-state index contributed by atoms with van der Waals surface area (Å²) < 4.78 is 11.0. The SMILES string of the molecule is CC(C)(C)OC(=O)N1[C@H]2C=C[C@@H]([C@H]3[C@H](NC(=O)Cc4ccccc4)C(=O)N31)N(C(=O)OCc1ccccc1)O2. The fourth-order valence-corrected chi connectivity index (χ4v) is 4.70. The minimum atomic E-state index is -1.14. The van der Waals surface area contributed by atoms with E-state index in [2.05, 4.69) is 5.32 Å². The standard InChI is InChI=1S/C28H30N4O7/c1-28(2,3)38-26(35)30-22-15-14-20(32(39-22)27(36)37-17-19-12-8-5-9-13-19)24-23(25(34)31(24)30)29-21(33)16-18-10-6-4-7-11-18/h4-15,20,22-24H,16-17H2,1-3H3,(H,29,33)/t20-,22+,23-,24-/m0/s1. The van der Waals surface area contributed by atoms with Crippen LogP contribution in [-0.2, 0) is 36.9 Å². The Balaban J connectivity index is 1.39. The van der Waals surface area contributed by atoms with E-state index < -0.39 is 48.0 Å². The van der Waals surface area contributed by atoms with E-state index in [0.29, 0.717) is 0 Å². The first-order chi connectivity index (χ1) is 18.6. The molecule has 11 nitrogen and oxygen atoms in total. The number of carbonyl (C=O) groups is 4. The number of hydrazine groups is 1. The third-order valence-electron chi connectivity index (χ3n) is 6.39. The molecule has 0 unspecified atom stereocenters. The molecule has 2 bridgehead atoms. The van der Waals surface area contributed by atoms with Gasteiger partial charge in [0.2, 0.25) is 12.1 Å². The summed E-state index contributed by atoms with van der Waals surface area (Å²) in [6, 6.07) is 15.6. The molecule has 2 aromatic carbocycles. The molecule has 204 valence electrons. The van der Waals surface area contributed by atoms with Gasteiger partial charge in [-0.3, -0.25) is 9.59 Å². The lowest BCUT2D eigenvalue weighted by Gasteiger charge is -2.50. The van der Waals surface area contributed by atoms with Crippen LogP contribution >= 0.6 is 0 Å². The topological polar surface area (TPSA) is 118 Å². The number of β-lactam (4-membered cyclic amide) rings is 1. The van der Waals surface area contributed by atoms with E-state index in [1.165, 1.54) is 5.01 Å². The molecule has 0 radical (unpaired) electrons. The Morgan fingerprint density at radius 2 is 1.56 bits per heavy atom. The van der Waals surface area contributed by atoms with Crippen molar-refractivity contribution in [1.29, 1.82) is 0 Å². The van der Waals surface area contributed by atoms with Crippen LogP contribution in [0.15, 0.2) is 72.8 Å². The maximum absolute atomic E-state index is 13.4. The van der Waals surface area contributed by atoms with Crippen molar-refractivity contribution < 1.29 is 33.5 Å². The van der Waals surface area contributed by atoms with Crippen LogP contribution < -0.4 is 5.32 Å². The van der Waals surface area contributed by atoms with Gasteiger partial charge in [0.1, 0.15) is 30.3 Å². The highest BCUT2D eigenvalue weighted by Crippen LogP contribution is 2.38. The van der Waals surface area contributed by atoms with Gasteiger partial charge in [0.15, 0.2) is 0 Å². The van der Waals surface area contributed by atoms with Gasteiger partial charge in [0.05, 0.1) is 6.42 Å².